The predicted octanol–water partition coefficient (Wildman–Crippen LogP) is -0.709. The van der Waals surface area contributed by atoms with Gasteiger partial charge in [0.25, 0.3) is 0 Å². The first-order chi connectivity index (χ1) is 5.72. The summed E-state index contributed by atoms with van der Waals surface area (Å²) >= 11 is 0. The second-order valence-electron chi connectivity index (χ2n) is 3.57. The van der Waals surface area contributed by atoms with E-state index >= 15 is 0 Å². The minimum atomic E-state index is -0.571. The van der Waals surface area contributed by atoms with Crippen LogP contribution in [0, 0.1) is 11.8 Å². The fourth-order valence-electron chi connectivity index (χ4n) is 2.22. The number of hydrogen-bond donors (Lipinski definition) is 2. The zero-order valence-electron chi connectivity index (χ0n) is 6.64. The molecule has 1 aliphatic carbocycles. The van der Waals surface area contributed by atoms with Crippen LogP contribution >= 0.6 is 0 Å². The lowest BCUT2D eigenvalue weighted by Crippen LogP contribution is -2.23. The molecule has 0 aromatic carbocycles. The Balaban J connectivity index is 2.13. The molecule has 2 fully saturated rings. The summed E-state index contributed by atoms with van der Waals surface area (Å²) in [4.78, 5) is 10.8. The van der Waals surface area contributed by atoms with Gasteiger partial charge in [0.15, 0.2) is 0 Å². The Morgan fingerprint density at radius 1 is 1.58 bits per heavy atom. The van der Waals surface area contributed by atoms with E-state index in [4.69, 9.17) is 9.84 Å². The monoisotopic (exact) mass is 172 g/mol. The van der Waals surface area contributed by atoms with E-state index in [2.05, 4.69) is 0 Å². The largest absolute Gasteiger partial charge is 0.459 e. The van der Waals surface area contributed by atoms with Crippen LogP contribution in [-0.2, 0) is 9.53 Å². The molecule has 2 rings (SSSR count). The molecule has 1 saturated heterocycles. The van der Waals surface area contributed by atoms with Gasteiger partial charge in [-0.15, -0.1) is 0 Å². The summed E-state index contributed by atoms with van der Waals surface area (Å²) in [6.07, 6.45) is -0.0141. The molecule has 2 aliphatic rings. The van der Waals surface area contributed by atoms with Crippen molar-refractivity contribution in [1.82, 2.24) is 0 Å². The molecule has 0 amide bonds. The average molecular weight is 172 g/mol. The molecule has 2 N–H and O–H groups in total. The lowest BCUT2D eigenvalue weighted by Gasteiger charge is -2.12. The van der Waals surface area contributed by atoms with Crippen molar-refractivity contribution in [2.45, 2.75) is 25.0 Å². The van der Waals surface area contributed by atoms with Gasteiger partial charge in [-0.1, -0.05) is 0 Å². The van der Waals surface area contributed by atoms with Crippen molar-refractivity contribution in [3.05, 3.63) is 0 Å². The topological polar surface area (TPSA) is 66.8 Å². The second-order valence-corrected chi connectivity index (χ2v) is 3.57. The van der Waals surface area contributed by atoms with E-state index in [1.807, 2.05) is 0 Å². The van der Waals surface area contributed by atoms with Gasteiger partial charge in [0.2, 0.25) is 0 Å². The van der Waals surface area contributed by atoms with Gasteiger partial charge >= 0.3 is 5.97 Å². The Hall–Kier alpha value is -0.610. The maximum atomic E-state index is 10.8. The fraction of sp³-hybridized carbons (Fsp3) is 0.875. The van der Waals surface area contributed by atoms with Gasteiger partial charge in [0.05, 0.1) is 12.5 Å². The van der Waals surface area contributed by atoms with Crippen molar-refractivity contribution >= 4 is 5.97 Å². The average Bonchev–Trinajstić information content (AvgIpc) is 2.52. The van der Waals surface area contributed by atoms with Crippen LogP contribution in [0.1, 0.15) is 12.8 Å². The standard InChI is InChI=1S/C8H12O4/c9-3-4-1-6(10)8-5(4)2-7(11)12-8/h4-6,8-10H,1-3H2. The third-order valence-electron chi connectivity index (χ3n) is 2.86. The van der Waals surface area contributed by atoms with E-state index in [0.717, 1.165) is 0 Å². The van der Waals surface area contributed by atoms with Crippen LogP contribution in [0.25, 0.3) is 0 Å². The third kappa shape index (κ3) is 1.03. The Morgan fingerprint density at radius 3 is 3.00 bits per heavy atom. The van der Waals surface area contributed by atoms with Gasteiger partial charge < -0.3 is 14.9 Å². The molecule has 4 unspecified atom stereocenters. The van der Waals surface area contributed by atoms with Crippen LogP contribution in [0.2, 0.25) is 0 Å². The molecular weight excluding hydrogens is 160 g/mol. The van der Waals surface area contributed by atoms with Crippen LogP contribution in [-0.4, -0.2) is 35.0 Å². The predicted molar refractivity (Wildman–Crippen MR) is 39.2 cm³/mol. The lowest BCUT2D eigenvalue weighted by atomic mass is 9.94. The molecule has 4 nitrogen and oxygen atoms in total. The number of rotatable bonds is 1. The fourth-order valence-corrected chi connectivity index (χ4v) is 2.22. The van der Waals surface area contributed by atoms with Crippen LogP contribution in [0.3, 0.4) is 0 Å². The van der Waals surface area contributed by atoms with E-state index in [1.165, 1.54) is 0 Å². The molecule has 1 aliphatic heterocycles. The highest BCUT2D eigenvalue weighted by Crippen LogP contribution is 2.40. The minimum Gasteiger partial charge on any atom is -0.459 e. The lowest BCUT2D eigenvalue weighted by molar-refractivity contribution is -0.144. The van der Waals surface area contributed by atoms with E-state index in [1.54, 1.807) is 0 Å². The first-order valence-electron chi connectivity index (χ1n) is 4.20. The summed E-state index contributed by atoms with van der Waals surface area (Å²) in [5.41, 5.74) is 0. The third-order valence-corrected chi connectivity index (χ3v) is 2.86. The molecule has 0 aromatic heterocycles. The molecule has 68 valence electrons. The van der Waals surface area contributed by atoms with Crippen molar-refractivity contribution in [3.63, 3.8) is 0 Å². The first-order valence-corrected chi connectivity index (χ1v) is 4.20. The summed E-state index contributed by atoms with van der Waals surface area (Å²) < 4.78 is 4.93. The molecule has 0 spiro atoms. The summed E-state index contributed by atoms with van der Waals surface area (Å²) in [6, 6.07) is 0. The highest BCUT2D eigenvalue weighted by atomic mass is 16.6. The van der Waals surface area contributed by atoms with E-state index in [0.29, 0.717) is 12.8 Å². The maximum absolute atomic E-state index is 10.8. The molecular formula is C8H12O4. The highest BCUT2D eigenvalue weighted by molar-refractivity contribution is 5.72. The second kappa shape index (κ2) is 2.71. The van der Waals surface area contributed by atoms with E-state index in [9.17, 15) is 9.90 Å². The molecule has 4 heteroatoms. The highest BCUT2D eigenvalue weighted by Gasteiger charge is 2.49. The van der Waals surface area contributed by atoms with Crippen molar-refractivity contribution in [3.8, 4) is 0 Å². The zero-order valence-corrected chi connectivity index (χ0v) is 6.64. The van der Waals surface area contributed by atoms with Crippen LogP contribution in [0.15, 0.2) is 0 Å². The van der Waals surface area contributed by atoms with Gasteiger partial charge in [-0.3, -0.25) is 4.79 Å². The number of aliphatic hydroxyl groups excluding tert-OH is 2. The minimum absolute atomic E-state index is 0.0366. The first kappa shape index (κ1) is 8.01. The number of ether oxygens (including phenoxy) is 1. The van der Waals surface area contributed by atoms with E-state index < -0.39 is 6.10 Å². The molecule has 0 aromatic rings. The van der Waals surface area contributed by atoms with Crippen molar-refractivity contribution < 1.29 is 19.7 Å². The normalized spacial score (nSPS) is 46.0. The van der Waals surface area contributed by atoms with Crippen LogP contribution < -0.4 is 0 Å². The quantitative estimate of drug-likeness (QED) is 0.513. The van der Waals surface area contributed by atoms with Gasteiger partial charge in [-0.05, 0) is 12.3 Å². The summed E-state index contributed by atoms with van der Waals surface area (Å²) in [7, 11) is 0. The number of esters is 1. The number of hydrogen-bond acceptors (Lipinski definition) is 4. The number of carbonyl (C=O) groups is 1. The molecule has 1 saturated carbocycles. The SMILES string of the molecule is O=C1CC2C(CO)CC(O)C2O1. The van der Waals surface area contributed by atoms with Gasteiger partial charge in [-0.25, -0.2) is 0 Å². The van der Waals surface area contributed by atoms with Gasteiger partial charge in [0, 0.05) is 12.5 Å². The summed E-state index contributed by atoms with van der Waals surface area (Å²) in [5, 5.41) is 18.4. The summed E-state index contributed by atoms with van der Waals surface area (Å²) in [6.45, 7) is 0.0366. The number of carbonyl (C=O) groups excluding carboxylic acids is 1. The molecule has 12 heavy (non-hydrogen) atoms. The van der Waals surface area contributed by atoms with Gasteiger partial charge in [-0.2, -0.15) is 0 Å². The van der Waals surface area contributed by atoms with Crippen LogP contribution in [0.5, 0.6) is 0 Å². The summed E-state index contributed by atoms with van der Waals surface area (Å²) in [5.74, 6) is -0.170. The molecule has 0 radical (unpaired) electrons. The Bertz CT molecular complexity index is 203. The Morgan fingerprint density at radius 2 is 2.33 bits per heavy atom. The van der Waals surface area contributed by atoms with Crippen molar-refractivity contribution in [1.29, 1.82) is 0 Å². The van der Waals surface area contributed by atoms with Crippen LogP contribution in [0.4, 0.5) is 0 Å². The molecule has 0 bridgehead atoms. The molecule has 4 atom stereocenters. The van der Waals surface area contributed by atoms with E-state index in [-0.39, 0.29) is 30.5 Å². The van der Waals surface area contributed by atoms with Crippen molar-refractivity contribution in [2.75, 3.05) is 6.61 Å². The smallest absolute Gasteiger partial charge is 0.306 e. The van der Waals surface area contributed by atoms with Crippen molar-refractivity contribution in [2.24, 2.45) is 11.8 Å². The van der Waals surface area contributed by atoms with Gasteiger partial charge in [0.1, 0.15) is 6.10 Å². The number of aliphatic hydroxyl groups is 2. The Labute approximate surface area is 70.1 Å². The zero-order chi connectivity index (χ0) is 8.72. The Kier molecular flexibility index (Phi) is 1.81. The maximum Gasteiger partial charge on any atom is 0.306 e. The molecule has 1 heterocycles. The number of fused-ring (bicyclic) bond motifs is 1.